The zero-order valence-corrected chi connectivity index (χ0v) is 10.8. The lowest BCUT2D eigenvalue weighted by Gasteiger charge is -2.23. The predicted molar refractivity (Wildman–Crippen MR) is 69.2 cm³/mol. The number of thioether (sulfide) groups is 1. The third kappa shape index (κ3) is 2.92. The minimum atomic E-state index is 0.546. The van der Waals surface area contributed by atoms with Gasteiger partial charge in [-0.3, -0.25) is 0 Å². The third-order valence-electron chi connectivity index (χ3n) is 2.85. The van der Waals surface area contributed by atoms with Crippen LogP contribution in [0.4, 0.5) is 0 Å². The lowest BCUT2D eigenvalue weighted by molar-refractivity contribution is 0.404. The first-order valence-corrected chi connectivity index (χ1v) is 6.72. The van der Waals surface area contributed by atoms with Crippen molar-refractivity contribution in [3.63, 3.8) is 0 Å². The molecule has 0 aliphatic carbocycles. The van der Waals surface area contributed by atoms with Crippen molar-refractivity contribution in [1.82, 2.24) is 5.32 Å². The Kier molecular flexibility index (Phi) is 4.13. The van der Waals surface area contributed by atoms with E-state index in [0.29, 0.717) is 5.37 Å². The first-order chi connectivity index (χ1) is 7.79. The third-order valence-corrected chi connectivity index (χ3v) is 4.11. The number of benzene rings is 1. The molecule has 1 N–H and O–H groups in total. The van der Waals surface area contributed by atoms with Gasteiger partial charge >= 0.3 is 0 Å². The van der Waals surface area contributed by atoms with E-state index < -0.39 is 0 Å². The fourth-order valence-electron chi connectivity index (χ4n) is 1.95. The highest BCUT2D eigenvalue weighted by atomic mass is 32.2. The van der Waals surface area contributed by atoms with Crippen LogP contribution in [0.3, 0.4) is 0 Å². The van der Waals surface area contributed by atoms with Crippen LogP contribution in [0, 0.1) is 6.92 Å². The SMILES string of the molecule is COc1ccc(C)cc1SC1CCCCN1. The van der Waals surface area contributed by atoms with Gasteiger partial charge in [-0.25, -0.2) is 0 Å². The Morgan fingerprint density at radius 3 is 2.94 bits per heavy atom. The van der Waals surface area contributed by atoms with Gasteiger partial charge in [-0.1, -0.05) is 6.07 Å². The van der Waals surface area contributed by atoms with E-state index >= 15 is 0 Å². The summed E-state index contributed by atoms with van der Waals surface area (Å²) < 4.78 is 5.39. The van der Waals surface area contributed by atoms with Gasteiger partial charge in [0.2, 0.25) is 0 Å². The zero-order chi connectivity index (χ0) is 11.4. The molecule has 1 saturated heterocycles. The molecular weight excluding hydrogens is 218 g/mol. The van der Waals surface area contributed by atoms with E-state index in [4.69, 9.17) is 4.74 Å². The van der Waals surface area contributed by atoms with Crippen LogP contribution >= 0.6 is 11.8 Å². The second kappa shape index (κ2) is 5.60. The molecule has 1 atom stereocenters. The molecule has 0 amide bonds. The van der Waals surface area contributed by atoms with E-state index in [-0.39, 0.29) is 0 Å². The van der Waals surface area contributed by atoms with Gasteiger partial charge in [0.1, 0.15) is 5.75 Å². The maximum absolute atomic E-state index is 5.39. The molecule has 0 radical (unpaired) electrons. The molecule has 88 valence electrons. The summed E-state index contributed by atoms with van der Waals surface area (Å²) in [7, 11) is 1.74. The molecule has 0 spiro atoms. The highest BCUT2D eigenvalue weighted by molar-refractivity contribution is 8.00. The lowest BCUT2D eigenvalue weighted by atomic mass is 10.2. The molecule has 0 aromatic heterocycles. The normalized spacial score (nSPS) is 20.8. The van der Waals surface area contributed by atoms with Crippen LogP contribution in [-0.2, 0) is 0 Å². The fourth-order valence-corrected chi connectivity index (χ4v) is 3.26. The Balaban J connectivity index is 2.09. The summed E-state index contributed by atoms with van der Waals surface area (Å²) in [4.78, 5) is 1.25. The minimum Gasteiger partial charge on any atom is -0.496 e. The molecule has 3 heteroatoms. The quantitative estimate of drug-likeness (QED) is 0.872. The van der Waals surface area contributed by atoms with Crippen LogP contribution < -0.4 is 10.1 Å². The number of rotatable bonds is 3. The smallest absolute Gasteiger partial charge is 0.132 e. The molecule has 1 aromatic rings. The van der Waals surface area contributed by atoms with Crippen molar-refractivity contribution in [1.29, 1.82) is 0 Å². The molecule has 1 unspecified atom stereocenters. The van der Waals surface area contributed by atoms with E-state index in [0.717, 1.165) is 12.3 Å². The number of piperidine rings is 1. The first kappa shape index (κ1) is 11.8. The maximum atomic E-state index is 5.39. The van der Waals surface area contributed by atoms with Gasteiger partial charge in [0, 0.05) is 0 Å². The molecule has 16 heavy (non-hydrogen) atoms. The van der Waals surface area contributed by atoms with E-state index in [1.807, 2.05) is 11.8 Å². The van der Waals surface area contributed by atoms with Gasteiger partial charge in [0.15, 0.2) is 0 Å². The van der Waals surface area contributed by atoms with Gasteiger partial charge < -0.3 is 10.1 Å². The summed E-state index contributed by atoms with van der Waals surface area (Å²) in [6.07, 6.45) is 3.89. The van der Waals surface area contributed by atoms with Crippen molar-refractivity contribution in [2.45, 2.75) is 36.5 Å². The molecule has 2 rings (SSSR count). The number of hydrogen-bond donors (Lipinski definition) is 1. The van der Waals surface area contributed by atoms with Gasteiger partial charge in [-0.05, 0) is 50.4 Å². The summed E-state index contributed by atoms with van der Waals surface area (Å²) in [5.41, 5.74) is 1.29. The summed E-state index contributed by atoms with van der Waals surface area (Å²) in [5.74, 6) is 0.989. The van der Waals surface area contributed by atoms with Crippen LogP contribution in [0.1, 0.15) is 24.8 Å². The molecule has 1 aliphatic rings. The molecule has 0 bridgehead atoms. The van der Waals surface area contributed by atoms with Crippen molar-refractivity contribution >= 4 is 11.8 Å². The zero-order valence-electron chi connectivity index (χ0n) is 9.95. The molecule has 2 nitrogen and oxygen atoms in total. The molecule has 1 aromatic carbocycles. The first-order valence-electron chi connectivity index (χ1n) is 5.84. The van der Waals surface area contributed by atoms with E-state index in [9.17, 15) is 0 Å². The van der Waals surface area contributed by atoms with Crippen LogP contribution in [0.15, 0.2) is 23.1 Å². The van der Waals surface area contributed by atoms with E-state index in [1.54, 1.807) is 7.11 Å². The summed E-state index contributed by atoms with van der Waals surface area (Å²) in [6.45, 7) is 3.27. The fraction of sp³-hybridized carbons (Fsp3) is 0.538. The average molecular weight is 237 g/mol. The van der Waals surface area contributed by atoms with Crippen molar-refractivity contribution < 1.29 is 4.74 Å². The maximum Gasteiger partial charge on any atom is 0.132 e. The Labute approximate surface area is 102 Å². The van der Waals surface area contributed by atoms with Crippen molar-refractivity contribution in [3.05, 3.63) is 23.8 Å². The molecule has 0 saturated carbocycles. The Hall–Kier alpha value is -0.670. The van der Waals surface area contributed by atoms with Crippen molar-refractivity contribution in [2.75, 3.05) is 13.7 Å². The average Bonchev–Trinajstić information content (AvgIpc) is 2.31. The Morgan fingerprint density at radius 1 is 1.38 bits per heavy atom. The molecule has 1 heterocycles. The Morgan fingerprint density at radius 2 is 2.25 bits per heavy atom. The highest BCUT2D eigenvalue weighted by Crippen LogP contribution is 2.34. The van der Waals surface area contributed by atoms with Crippen molar-refractivity contribution in [2.24, 2.45) is 0 Å². The predicted octanol–water partition coefficient (Wildman–Crippen LogP) is 3.20. The highest BCUT2D eigenvalue weighted by Gasteiger charge is 2.15. The van der Waals surface area contributed by atoms with Gasteiger partial charge in [0.25, 0.3) is 0 Å². The monoisotopic (exact) mass is 237 g/mol. The van der Waals surface area contributed by atoms with Crippen LogP contribution in [0.5, 0.6) is 5.75 Å². The topological polar surface area (TPSA) is 21.3 Å². The summed E-state index contributed by atoms with van der Waals surface area (Å²) in [5, 5.41) is 4.09. The molecule has 1 aliphatic heterocycles. The number of hydrogen-bond acceptors (Lipinski definition) is 3. The standard InChI is InChI=1S/C13H19NOS/c1-10-6-7-11(15-2)12(9-10)16-13-5-3-4-8-14-13/h6-7,9,13-14H,3-5,8H2,1-2H3. The number of nitrogens with one attached hydrogen (secondary N) is 1. The second-order valence-corrected chi connectivity index (χ2v) is 5.46. The van der Waals surface area contributed by atoms with Gasteiger partial charge in [0.05, 0.1) is 17.4 Å². The summed E-state index contributed by atoms with van der Waals surface area (Å²) >= 11 is 1.89. The van der Waals surface area contributed by atoms with E-state index in [2.05, 4.69) is 30.4 Å². The molecular formula is C13H19NOS. The lowest BCUT2D eigenvalue weighted by Crippen LogP contribution is -2.31. The van der Waals surface area contributed by atoms with Crippen LogP contribution in [0.25, 0.3) is 0 Å². The van der Waals surface area contributed by atoms with Crippen LogP contribution in [0.2, 0.25) is 0 Å². The Bertz CT molecular complexity index is 348. The van der Waals surface area contributed by atoms with Crippen molar-refractivity contribution in [3.8, 4) is 5.75 Å². The minimum absolute atomic E-state index is 0.546. The largest absolute Gasteiger partial charge is 0.496 e. The van der Waals surface area contributed by atoms with E-state index in [1.165, 1.54) is 29.7 Å². The van der Waals surface area contributed by atoms with Gasteiger partial charge in [-0.15, -0.1) is 11.8 Å². The van der Waals surface area contributed by atoms with Gasteiger partial charge in [-0.2, -0.15) is 0 Å². The van der Waals surface area contributed by atoms with Crippen LogP contribution in [-0.4, -0.2) is 19.0 Å². The number of aryl methyl sites for hydroxylation is 1. The molecule has 1 fully saturated rings. The summed E-state index contributed by atoms with van der Waals surface area (Å²) in [6, 6.07) is 6.36. The number of methoxy groups -OCH3 is 1. The second-order valence-electron chi connectivity index (χ2n) is 4.21. The number of ether oxygens (including phenoxy) is 1.